The lowest BCUT2D eigenvalue weighted by Gasteiger charge is -2.32. The largest absolute Gasteiger partial charge is 0.272 e. The topological polar surface area (TPSA) is 92.6 Å². The highest BCUT2D eigenvalue weighted by Gasteiger charge is 2.35. The second-order valence-electron chi connectivity index (χ2n) is 5.58. The minimum absolute atomic E-state index is 0.114. The molecule has 2 aromatic heterocycles. The third-order valence-corrected chi connectivity index (χ3v) is 10.1. The summed E-state index contributed by atoms with van der Waals surface area (Å²) in [4.78, 5) is 0.161. The Balaban J connectivity index is 1.77. The fourth-order valence-corrected chi connectivity index (χ4v) is 7.78. The van der Waals surface area contributed by atoms with Gasteiger partial charge in [0.2, 0.25) is 10.0 Å². The molecule has 0 spiro atoms. The molecule has 1 saturated heterocycles. The minimum atomic E-state index is -3.68. The van der Waals surface area contributed by atoms with Crippen molar-refractivity contribution in [3.05, 3.63) is 27.8 Å². The molecule has 8 nitrogen and oxygen atoms in total. The molecule has 2 aromatic rings. The van der Waals surface area contributed by atoms with Crippen LogP contribution in [-0.4, -0.2) is 61.4 Å². The van der Waals surface area contributed by atoms with Gasteiger partial charge in [-0.05, 0) is 35.0 Å². The first-order valence-corrected chi connectivity index (χ1v) is 11.9. The maximum Gasteiger partial charge on any atom is 0.252 e. The number of nitrogens with zero attached hydrogens (tertiary/aromatic N) is 4. The molecule has 0 saturated carbocycles. The molecule has 3 rings (SSSR count). The summed E-state index contributed by atoms with van der Waals surface area (Å²) in [7, 11) is -5.59. The van der Waals surface area contributed by atoms with E-state index in [0.29, 0.717) is 5.69 Å². The van der Waals surface area contributed by atoms with Gasteiger partial charge in [0.25, 0.3) is 10.0 Å². The molecule has 0 amide bonds. The van der Waals surface area contributed by atoms with Gasteiger partial charge in [0.15, 0.2) is 0 Å². The highest BCUT2D eigenvalue weighted by molar-refractivity contribution is 9.11. The summed E-state index contributed by atoms with van der Waals surface area (Å²) >= 11 is 4.40. The molecule has 0 aromatic carbocycles. The monoisotopic (exact) mass is 468 g/mol. The van der Waals surface area contributed by atoms with E-state index in [-0.39, 0.29) is 35.3 Å². The third-order valence-electron chi connectivity index (χ3n) is 4.15. The Kier molecular flexibility index (Phi) is 5.12. The standard InChI is InChI=1S/C13H17BrN4O4S3/c1-10-11(9-15-16(10)2)24(19,20)17-5-7-18(8-6-17)25(21,22)13-4-3-12(14)23-13/h3-4,9H,5-8H2,1-2H3. The average molecular weight is 469 g/mol. The molecule has 1 aliphatic rings. The van der Waals surface area contributed by atoms with Gasteiger partial charge >= 0.3 is 0 Å². The van der Waals surface area contributed by atoms with Crippen molar-refractivity contribution in [1.29, 1.82) is 0 Å². The maximum atomic E-state index is 12.8. The van der Waals surface area contributed by atoms with Crippen LogP contribution in [0.3, 0.4) is 0 Å². The van der Waals surface area contributed by atoms with Crippen LogP contribution in [0.4, 0.5) is 0 Å². The minimum Gasteiger partial charge on any atom is -0.272 e. The molecule has 3 heterocycles. The molecular weight excluding hydrogens is 452 g/mol. The molecule has 0 radical (unpaired) electrons. The zero-order chi connectivity index (χ0) is 18.4. The van der Waals surface area contributed by atoms with E-state index < -0.39 is 20.0 Å². The Hall–Kier alpha value is -0.790. The number of halogens is 1. The van der Waals surface area contributed by atoms with Crippen LogP contribution in [-0.2, 0) is 27.1 Å². The number of piperazine rings is 1. The van der Waals surface area contributed by atoms with E-state index in [2.05, 4.69) is 21.0 Å². The second-order valence-corrected chi connectivity index (χ2v) is 12.1. The van der Waals surface area contributed by atoms with Gasteiger partial charge < -0.3 is 0 Å². The molecule has 0 atom stereocenters. The van der Waals surface area contributed by atoms with E-state index in [0.717, 1.165) is 15.1 Å². The van der Waals surface area contributed by atoms with E-state index in [1.54, 1.807) is 26.1 Å². The van der Waals surface area contributed by atoms with Crippen LogP contribution in [0.25, 0.3) is 0 Å². The Morgan fingerprint density at radius 2 is 1.60 bits per heavy atom. The van der Waals surface area contributed by atoms with Crippen molar-refractivity contribution in [2.75, 3.05) is 26.2 Å². The highest BCUT2D eigenvalue weighted by atomic mass is 79.9. The predicted octanol–water partition coefficient (Wildman–Crippen LogP) is 1.25. The van der Waals surface area contributed by atoms with Crippen molar-refractivity contribution in [3.8, 4) is 0 Å². The number of thiophene rings is 1. The van der Waals surface area contributed by atoms with Crippen molar-refractivity contribution in [1.82, 2.24) is 18.4 Å². The van der Waals surface area contributed by atoms with Crippen LogP contribution < -0.4 is 0 Å². The highest BCUT2D eigenvalue weighted by Crippen LogP contribution is 2.29. The molecule has 0 N–H and O–H groups in total. The van der Waals surface area contributed by atoms with Crippen LogP contribution in [0.15, 0.2) is 31.2 Å². The number of sulfonamides is 2. The Morgan fingerprint density at radius 1 is 1.04 bits per heavy atom. The first-order chi connectivity index (χ1) is 11.6. The van der Waals surface area contributed by atoms with Gasteiger partial charge in [0.1, 0.15) is 9.10 Å². The normalized spacial score (nSPS) is 17.9. The van der Waals surface area contributed by atoms with E-state index in [1.165, 1.54) is 19.5 Å². The van der Waals surface area contributed by atoms with Crippen LogP contribution in [0, 0.1) is 6.92 Å². The summed E-state index contributed by atoms with van der Waals surface area (Å²) < 4.78 is 55.9. The second kappa shape index (κ2) is 6.74. The number of hydrogen-bond donors (Lipinski definition) is 0. The fourth-order valence-electron chi connectivity index (χ4n) is 2.58. The molecule has 12 heteroatoms. The van der Waals surface area contributed by atoms with Crippen molar-refractivity contribution >= 4 is 47.3 Å². The van der Waals surface area contributed by atoms with Crippen molar-refractivity contribution in [2.45, 2.75) is 16.0 Å². The quantitative estimate of drug-likeness (QED) is 0.672. The Bertz CT molecular complexity index is 988. The molecular formula is C13H17BrN4O4S3. The molecule has 0 bridgehead atoms. The summed E-state index contributed by atoms with van der Waals surface area (Å²) in [5.74, 6) is 0. The van der Waals surface area contributed by atoms with Gasteiger partial charge in [-0.1, -0.05) is 0 Å². The summed E-state index contributed by atoms with van der Waals surface area (Å²) in [5.41, 5.74) is 0.554. The summed E-state index contributed by atoms with van der Waals surface area (Å²) in [6.45, 7) is 2.16. The Morgan fingerprint density at radius 3 is 2.04 bits per heavy atom. The zero-order valence-electron chi connectivity index (χ0n) is 13.6. The van der Waals surface area contributed by atoms with Crippen LogP contribution in [0.1, 0.15) is 5.69 Å². The smallest absolute Gasteiger partial charge is 0.252 e. The van der Waals surface area contributed by atoms with Gasteiger partial charge in [-0.25, -0.2) is 16.8 Å². The van der Waals surface area contributed by atoms with Crippen molar-refractivity contribution in [3.63, 3.8) is 0 Å². The maximum absolute atomic E-state index is 12.8. The molecule has 0 aliphatic carbocycles. The van der Waals surface area contributed by atoms with E-state index in [4.69, 9.17) is 0 Å². The lowest BCUT2D eigenvalue weighted by Crippen LogP contribution is -2.50. The molecule has 1 aliphatic heterocycles. The molecule has 25 heavy (non-hydrogen) atoms. The van der Waals surface area contributed by atoms with Crippen LogP contribution >= 0.6 is 27.3 Å². The van der Waals surface area contributed by atoms with Gasteiger partial charge in [0, 0.05) is 33.2 Å². The zero-order valence-corrected chi connectivity index (χ0v) is 17.6. The predicted molar refractivity (Wildman–Crippen MR) is 97.5 cm³/mol. The van der Waals surface area contributed by atoms with Crippen LogP contribution in [0.2, 0.25) is 0 Å². The van der Waals surface area contributed by atoms with E-state index >= 15 is 0 Å². The van der Waals surface area contributed by atoms with Crippen molar-refractivity contribution < 1.29 is 16.8 Å². The molecule has 0 unspecified atom stereocenters. The summed E-state index contributed by atoms with van der Waals surface area (Å²) in [6, 6.07) is 3.23. The first kappa shape index (κ1) is 19.0. The number of aryl methyl sites for hydroxylation is 1. The fraction of sp³-hybridized carbons (Fsp3) is 0.462. The lowest BCUT2D eigenvalue weighted by atomic mass is 10.4. The third kappa shape index (κ3) is 3.43. The van der Waals surface area contributed by atoms with E-state index in [1.807, 2.05) is 0 Å². The van der Waals surface area contributed by atoms with Gasteiger partial charge in [-0.15, -0.1) is 11.3 Å². The first-order valence-electron chi connectivity index (χ1n) is 7.38. The van der Waals surface area contributed by atoms with Crippen molar-refractivity contribution in [2.24, 2.45) is 7.05 Å². The number of aromatic nitrogens is 2. The van der Waals surface area contributed by atoms with Gasteiger partial charge in [-0.2, -0.15) is 13.7 Å². The average Bonchev–Trinajstić information content (AvgIpc) is 3.15. The summed E-state index contributed by atoms with van der Waals surface area (Å²) in [6.07, 6.45) is 1.33. The number of hydrogen-bond acceptors (Lipinski definition) is 6. The summed E-state index contributed by atoms with van der Waals surface area (Å²) in [5, 5.41) is 3.97. The van der Waals surface area contributed by atoms with E-state index in [9.17, 15) is 16.8 Å². The molecule has 138 valence electrons. The van der Waals surface area contributed by atoms with Crippen LogP contribution in [0.5, 0.6) is 0 Å². The Labute approximate surface area is 159 Å². The molecule has 1 fully saturated rings. The number of rotatable bonds is 4. The van der Waals surface area contributed by atoms with Gasteiger partial charge in [-0.3, -0.25) is 4.68 Å². The lowest BCUT2D eigenvalue weighted by molar-refractivity contribution is 0.273. The van der Waals surface area contributed by atoms with Gasteiger partial charge in [0.05, 0.1) is 15.7 Å². The SMILES string of the molecule is Cc1c(S(=O)(=O)N2CCN(S(=O)(=O)c3ccc(Br)s3)CC2)cnn1C.